The number of nitrogens with zero attached hydrogens (tertiary/aromatic N) is 9. The van der Waals surface area contributed by atoms with Crippen molar-refractivity contribution < 1.29 is 22.7 Å². The first-order valence-corrected chi connectivity index (χ1v) is 18.3. The standard InChI is InChI=1S/C35H34ClF3N10O2S/c1-46(34(50)49-18-42-17-43-49)20-4-2-9-47(11-7-20)32-22-12-24(36)27(21-5-6-25(38)30-26(21)23(14-40)31(41)52-30)28(39)29(22)44-33(45-32)51-16-35-8-3-10-48(35)15-19(37)13-35/h5-6,12,17-20H,2-4,7-11,13,15-16,41H2,1H3/t19-,20?,35+/m1/s1. The van der Waals surface area contributed by atoms with Crippen molar-refractivity contribution in [3.8, 4) is 23.2 Å². The number of aromatic nitrogens is 5. The highest BCUT2D eigenvalue weighted by Crippen LogP contribution is 2.46. The summed E-state index contributed by atoms with van der Waals surface area (Å²) in [5.74, 6) is -0.991. The number of hydrogen-bond acceptors (Lipinski definition) is 11. The van der Waals surface area contributed by atoms with E-state index >= 15 is 4.39 Å². The van der Waals surface area contributed by atoms with Crippen LogP contribution in [0.2, 0.25) is 5.02 Å². The van der Waals surface area contributed by atoms with E-state index in [1.807, 2.05) is 11.0 Å². The van der Waals surface area contributed by atoms with Crippen LogP contribution in [-0.2, 0) is 0 Å². The highest BCUT2D eigenvalue weighted by atomic mass is 35.5. The maximum atomic E-state index is 17.1. The number of hydrogen-bond donors (Lipinski definition) is 1. The molecule has 0 radical (unpaired) electrons. The van der Waals surface area contributed by atoms with E-state index in [4.69, 9.17) is 27.1 Å². The fraction of sp³-hybridized carbons (Fsp3) is 0.429. The molecule has 2 N–H and O–H groups in total. The lowest BCUT2D eigenvalue weighted by molar-refractivity contribution is 0.107. The number of nitrogen functional groups attached to an aromatic ring is 1. The number of anilines is 2. The van der Waals surface area contributed by atoms with E-state index in [9.17, 15) is 18.8 Å². The molecule has 3 saturated heterocycles. The quantitative estimate of drug-likeness (QED) is 0.207. The normalized spacial score (nSPS) is 22.1. The van der Waals surface area contributed by atoms with Gasteiger partial charge in [-0.25, -0.2) is 22.9 Å². The molecule has 12 nitrogen and oxygen atoms in total. The van der Waals surface area contributed by atoms with E-state index in [1.165, 1.54) is 29.5 Å². The SMILES string of the molecule is CN(C(=O)n1cncn1)C1CCCN(c2nc(OC[C@@]34CCCN3C[C@H](F)C4)nc3c(F)c(-c4ccc(F)c5sc(N)c(C#N)c45)c(Cl)cc23)CC1. The van der Waals surface area contributed by atoms with Crippen molar-refractivity contribution in [3.05, 3.63) is 53.1 Å². The van der Waals surface area contributed by atoms with Gasteiger partial charge in [0.1, 0.15) is 53.7 Å². The van der Waals surface area contributed by atoms with Gasteiger partial charge in [0.25, 0.3) is 0 Å². The zero-order valence-electron chi connectivity index (χ0n) is 28.2. The third-order valence-electron chi connectivity index (χ3n) is 10.7. The molecule has 3 atom stereocenters. The van der Waals surface area contributed by atoms with Gasteiger partial charge in [0, 0.05) is 55.5 Å². The first-order chi connectivity index (χ1) is 25.1. The van der Waals surface area contributed by atoms with Crippen molar-refractivity contribution in [2.24, 2.45) is 0 Å². The molecular weight excluding hydrogens is 717 g/mol. The Labute approximate surface area is 305 Å². The van der Waals surface area contributed by atoms with Gasteiger partial charge in [-0.05, 0) is 56.3 Å². The summed E-state index contributed by atoms with van der Waals surface area (Å²) in [6.07, 6.45) is 5.69. The number of thiophene rings is 1. The number of amides is 1. The number of carbonyl (C=O) groups excluding carboxylic acids is 1. The molecule has 0 bridgehead atoms. The maximum absolute atomic E-state index is 17.1. The molecule has 3 fully saturated rings. The van der Waals surface area contributed by atoms with E-state index in [-0.39, 0.29) is 67.0 Å². The summed E-state index contributed by atoms with van der Waals surface area (Å²) in [4.78, 5) is 32.1. The van der Waals surface area contributed by atoms with Gasteiger partial charge in [0.05, 0.1) is 20.8 Å². The van der Waals surface area contributed by atoms with Crippen molar-refractivity contribution in [2.75, 3.05) is 50.5 Å². The number of ether oxygens (including phenoxy) is 1. The number of alkyl halides is 1. The molecule has 17 heteroatoms. The van der Waals surface area contributed by atoms with Crippen LogP contribution in [0.15, 0.2) is 30.9 Å². The lowest BCUT2D eigenvalue weighted by Crippen LogP contribution is -2.43. The highest BCUT2D eigenvalue weighted by molar-refractivity contribution is 7.23. The molecule has 1 unspecified atom stereocenters. The Balaban J connectivity index is 1.21. The van der Waals surface area contributed by atoms with Crippen molar-refractivity contribution in [1.82, 2.24) is 34.5 Å². The van der Waals surface area contributed by atoms with Gasteiger partial charge >= 0.3 is 12.0 Å². The molecule has 2 aromatic carbocycles. The number of nitrogens with two attached hydrogens (primary N) is 1. The van der Waals surface area contributed by atoms with Crippen LogP contribution in [0.25, 0.3) is 32.1 Å². The number of nitriles is 1. The lowest BCUT2D eigenvalue weighted by atomic mass is 9.95. The van der Waals surface area contributed by atoms with E-state index in [2.05, 4.69) is 20.0 Å². The zero-order chi connectivity index (χ0) is 36.3. The van der Waals surface area contributed by atoms with Crippen LogP contribution in [0.1, 0.15) is 44.1 Å². The molecule has 0 aliphatic carbocycles. The van der Waals surface area contributed by atoms with Gasteiger partial charge < -0.3 is 20.3 Å². The molecule has 0 saturated carbocycles. The van der Waals surface area contributed by atoms with Crippen LogP contribution in [0, 0.1) is 23.0 Å². The maximum Gasteiger partial charge on any atom is 0.346 e. The summed E-state index contributed by atoms with van der Waals surface area (Å²) in [6.45, 7) is 2.25. The zero-order valence-corrected chi connectivity index (χ0v) is 29.7. The summed E-state index contributed by atoms with van der Waals surface area (Å²) in [5.41, 5.74) is 5.68. The molecular formula is C35H34ClF3N10O2S. The molecule has 3 aliphatic rings. The summed E-state index contributed by atoms with van der Waals surface area (Å²) in [5, 5.41) is 14.5. The Morgan fingerprint density at radius 2 is 2.08 bits per heavy atom. The fourth-order valence-electron chi connectivity index (χ4n) is 8.17. The largest absolute Gasteiger partial charge is 0.461 e. The van der Waals surface area contributed by atoms with Crippen LogP contribution >= 0.6 is 22.9 Å². The number of benzene rings is 2. The Morgan fingerprint density at radius 3 is 2.87 bits per heavy atom. The van der Waals surface area contributed by atoms with Gasteiger partial charge in [-0.2, -0.15) is 25.0 Å². The molecule has 0 spiro atoms. The van der Waals surface area contributed by atoms with E-state index in [1.54, 1.807) is 18.0 Å². The molecule has 6 heterocycles. The predicted molar refractivity (Wildman–Crippen MR) is 191 cm³/mol. The smallest absolute Gasteiger partial charge is 0.346 e. The number of halogens is 4. The van der Waals surface area contributed by atoms with Crippen LogP contribution in [0.4, 0.5) is 28.8 Å². The third-order valence-corrected chi connectivity index (χ3v) is 12.1. The monoisotopic (exact) mass is 750 g/mol. The van der Waals surface area contributed by atoms with Crippen molar-refractivity contribution in [2.45, 2.75) is 56.3 Å². The number of carbonyl (C=O) groups is 1. The van der Waals surface area contributed by atoms with E-state index in [0.29, 0.717) is 56.5 Å². The molecule has 3 aliphatic heterocycles. The topological polar surface area (TPSA) is 142 Å². The average molecular weight is 751 g/mol. The first-order valence-electron chi connectivity index (χ1n) is 17.1. The Kier molecular flexibility index (Phi) is 8.83. The predicted octanol–water partition coefficient (Wildman–Crippen LogP) is 6.40. The number of fused-ring (bicyclic) bond motifs is 3. The minimum atomic E-state index is -0.962. The first kappa shape index (κ1) is 34.4. The van der Waals surface area contributed by atoms with Gasteiger partial charge in [0.2, 0.25) is 0 Å². The van der Waals surface area contributed by atoms with Gasteiger partial charge in [-0.3, -0.25) is 4.90 Å². The number of rotatable bonds is 6. The van der Waals surface area contributed by atoms with Gasteiger partial charge in [-0.1, -0.05) is 17.7 Å². The summed E-state index contributed by atoms with van der Waals surface area (Å²) in [6, 6.07) is 5.70. The minimum absolute atomic E-state index is 0.0105. The molecule has 8 rings (SSSR count). The fourth-order valence-corrected chi connectivity index (χ4v) is 9.41. The van der Waals surface area contributed by atoms with Crippen LogP contribution < -0.4 is 15.4 Å². The molecule has 3 aromatic heterocycles. The summed E-state index contributed by atoms with van der Waals surface area (Å²) in [7, 11) is 1.73. The Hall–Kier alpha value is -4.72. The van der Waals surface area contributed by atoms with Crippen LogP contribution in [-0.4, -0.2) is 98.1 Å². The highest BCUT2D eigenvalue weighted by Gasteiger charge is 2.49. The van der Waals surface area contributed by atoms with Crippen molar-refractivity contribution >= 4 is 60.8 Å². The minimum Gasteiger partial charge on any atom is -0.461 e. The second-order valence-corrected chi connectivity index (χ2v) is 15.2. The van der Waals surface area contributed by atoms with Gasteiger partial charge in [0.15, 0.2) is 5.82 Å². The van der Waals surface area contributed by atoms with E-state index < -0.39 is 23.3 Å². The molecule has 52 heavy (non-hydrogen) atoms. The third kappa shape index (κ3) is 5.75. The molecule has 5 aromatic rings. The summed E-state index contributed by atoms with van der Waals surface area (Å²) < 4.78 is 54.2. The second-order valence-electron chi connectivity index (χ2n) is 13.7. The molecule has 1 amide bonds. The molecule has 270 valence electrons. The Bertz CT molecular complexity index is 2250. The van der Waals surface area contributed by atoms with Crippen LogP contribution in [0.5, 0.6) is 6.01 Å². The second kappa shape index (κ2) is 13.4. The van der Waals surface area contributed by atoms with Crippen molar-refractivity contribution in [1.29, 1.82) is 5.26 Å². The van der Waals surface area contributed by atoms with Crippen LogP contribution in [0.3, 0.4) is 0 Å². The van der Waals surface area contributed by atoms with Gasteiger partial charge in [-0.15, -0.1) is 11.3 Å². The Morgan fingerprint density at radius 1 is 1.23 bits per heavy atom. The average Bonchev–Trinajstić information content (AvgIpc) is 3.89. The van der Waals surface area contributed by atoms with Crippen molar-refractivity contribution in [3.63, 3.8) is 0 Å². The van der Waals surface area contributed by atoms with E-state index in [0.717, 1.165) is 30.7 Å². The lowest BCUT2D eigenvalue weighted by Gasteiger charge is -2.31. The summed E-state index contributed by atoms with van der Waals surface area (Å²) >= 11 is 7.80.